The Labute approximate surface area is 162 Å². The highest BCUT2D eigenvalue weighted by molar-refractivity contribution is 5.93. The number of rotatable bonds is 7. The summed E-state index contributed by atoms with van der Waals surface area (Å²) >= 11 is 0. The zero-order valence-electron chi connectivity index (χ0n) is 15.9. The van der Waals surface area contributed by atoms with E-state index in [2.05, 4.69) is 15.4 Å². The number of furan rings is 2. The van der Waals surface area contributed by atoms with Gasteiger partial charge in [0.25, 0.3) is 0 Å². The average Bonchev–Trinajstić information content (AvgIpc) is 3.42. The number of hydrogen-bond acceptors (Lipinski definition) is 5. The van der Waals surface area contributed by atoms with E-state index >= 15 is 0 Å². The van der Waals surface area contributed by atoms with E-state index in [4.69, 9.17) is 8.83 Å². The smallest absolute Gasteiger partial charge is 0.242 e. The number of nitrogens with zero attached hydrogens (tertiary/aromatic N) is 3. The first-order valence-corrected chi connectivity index (χ1v) is 9.29. The molecule has 7 nitrogen and oxygen atoms in total. The van der Waals surface area contributed by atoms with Crippen LogP contribution < -0.4 is 5.32 Å². The molecular weight excluding hydrogens is 356 g/mol. The van der Waals surface area contributed by atoms with E-state index in [1.165, 1.54) is 0 Å². The van der Waals surface area contributed by atoms with Crippen molar-refractivity contribution in [3.8, 4) is 11.3 Å². The van der Waals surface area contributed by atoms with Gasteiger partial charge in [-0.25, -0.2) is 9.67 Å². The number of aryl methyl sites for hydroxylation is 2. The molecule has 7 heteroatoms. The van der Waals surface area contributed by atoms with Crippen LogP contribution in [0.25, 0.3) is 22.4 Å². The summed E-state index contributed by atoms with van der Waals surface area (Å²) in [5.41, 5.74) is 2.41. The van der Waals surface area contributed by atoms with E-state index in [1.54, 1.807) is 23.4 Å². The van der Waals surface area contributed by atoms with E-state index in [9.17, 15) is 4.79 Å². The molecule has 0 fully saturated rings. The molecule has 4 aromatic heterocycles. The van der Waals surface area contributed by atoms with Crippen LogP contribution in [-0.4, -0.2) is 26.7 Å². The third-order valence-corrected chi connectivity index (χ3v) is 4.70. The second kappa shape index (κ2) is 7.72. The van der Waals surface area contributed by atoms with Crippen molar-refractivity contribution in [3.05, 3.63) is 60.5 Å². The first-order chi connectivity index (χ1) is 13.6. The summed E-state index contributed by atoms with van der Waals surface area (Å²) in [5, 5.41) is 8.45. The van der Waals surface area contributed by atoms with Gasteiger partial charge < -0.3 is 14.2 Å². The van der Waals surface area contributed by atoms with Crippen molar-refractivity contribution in [3.63, 3.8) is 0 Å². The Balaban J connectivity index is 1.47. The molecule has 0 radical (unpaired) electrons. The van der Waals surface area contributed by atoms with Crippen LogP contribution in [0.15, 0.2) is 57.9 Å². The van der Waals surface area contributed by atoms with Crippen LogP contribution in [0.3, 0.4) is 0 Å². The fraction of sp³-hybridized carbons (Fsp3) is 0.286. The second-order valence-corrected chi connectivity index (χ2v) is 6.86. The summed E-state index contributed by atoms with van der Waals surface area (Å²) in [6.45, 7) is 4.02. The van der Waals surface area contributed by atoms with Gasteiger partial charge in [-0.2, -0.15) is 5.10 Å². The van der Waals surface area contributed by atoms with Gasteiger partial charge in [0, 0.05) is 24.2 Å². The normalized spacial score (nSPS) is 12.4. The minimum Gasteiger partial charge on any atom is -0.469 e. The van der Waals surface area contributed by atoms with Crippen LogP contribution in [0, 0.1) is 6.92 Å². The standard InChI is InChI=1S/C21H22N4O3/c1-14(7-8-16-5-3-11-27-16)23-19(26)13-25-21-20(15(2)24-25)17(9-10-22-21)18-6-4-12-28-18/h3-6,9-12,14H,7-8,13H2,1-2H3,(H,23,26). The molecule has 0 bridgehead atoms. The molecule has 1 amide bonds. The van der Waals surface area contributed by atoms with E-state index < -0.39 is 0 Å². The number of pyridine rings is 1. The van der Waals surface area contributed by atoms with Crippen molar-refractivity contribution < 1.29 is 13.6 Å². The van der Waals surface area contributed by atoms with Gasteiger partial charge in [0.05, 0.1) is 23.6 Å². The molecule has 4 rings (SSSR count). The lowest BCUT2D eigenvalue weighted by Crippen LogP contribution is -2.35. The number of carbonyl (C=O) groups excluding carboxylic acids is 1. The predicted octanol–water partition coefficient (Wildman–Crippen LogP) is 3.73. The molecule has 4 aromatic rings. The molecule has 1 N–H and O–H groups in total. The minimum absolute atomic E-state index is 0.0344. The van der Waals surface area contributed by atoms with Gasteiger partial charge in [-0.15, -0.1) is 0 Å². The highest BCUT2D eigenvalue weighted by Gasteiger charge is 2.17. The Bertz CT molecular complexity index is 1060. The highest BCUT2D eigenvalue weighted by atomic mass is 16.3. The Hall–Kier alpha value is -3.35. The zero-order valence-corrected chi connectivity index (χ0v) is 15.9. The summed E-state index contributed by atoms with van der Waals surface area (Å²) in [4.78, 5) is 17.0. The Kier molecular flexibility index (Phi) is 4.97. The zero-order chi connectivity index (χ0) is 19.5. The van der Waals surface area contributed by atoms with Crippen LogP contribution in [-0.2, 0) is 17.8 Å². The largest absolute Gasteiger partial charge is 0.469 e. The van der Waals surface area contributed by atoms with Gasteiger partial charge in [0.2, 0.25) is 5.91 Å². The monoisotopic (exact) mass is 378 g/mol. The van der Waals surface area contributed by atoms with Crippen LogP contribution in [0.5, 0.6) is 0 Å². The number of aromatic nitrogens is 3. The van der Waals surface area contributed by atoms with Gasteiger partial charge in [0.1, 0.15) is 18.1 Å². The maximum absolute atomic E-state index is 12.5. The molecule has 0 aromatic carbocycles. The van der Waals surface area contributed by atoms with Crippen LogP contribution in [0.1, 0.15) is 24.8 Å². The summed E-state index contributed by atoms with van der Waals surface area (Å²) in [6.07, 6.45) is 6.60. The molecule has 1 unspecified atom stereocenters. The molecule has 0 saturated heterocycles. The summed E-state index contributed by atoms with van der Waals surface area (Å²) in [6, 6.07) is 9.49. The molecule has 4 heterocycles. The van der Waals surface area contributed by atoms with E-state index in [-0.39, 0.29) is 18.5 Å². The van der Waals surface area contributed by atoms with Crippen molar-refractivity contribution in [1.29, 1.82) is 0 Å². The fourth-order valence-electron chi connectivity index (χ4n) is 3.37. The van der Waals surface area contributed by atoms with Crippen molar-refractivity contribution in [2.24, 2.45) is 0 Å². The molecule has 0 aliphatic carbocycles. The van der Waals surface area contributed by atoms with Crippen molar-refractivity contribution in [2.75, 3.05) is 0 Å². The van der Waals surface area contributed by atoms with E-state index in [1.807, 2.05) is 44.2 Å². The molecule has 0 saturated carbocycles. The van der Waals surface area contributed by atoms with Crippen LogP contribution >= 0.6 is 0 Å². The van der Waals surface area contributed by atoms with Crippen molar-refractivity contribution >= 4 is 16.9 Å². The number of nitrogens with one attached hydrogen (secondary N) is 1. The molecule has 0 spiro atoms. The Morgan fingerprint density at radius 2 is 2.04 bits per heavy atom. The maximum atomic E-state index is 12.5. The number of hydrogen-bond donors (Lipinski definition) is 1. The molecule has 0 aliphatic rings. The average molecular weight is 378 g/mol. The van der Waals surface area contributed by atoms with Gasteiger partial charge in [-0.05, 0) is 50.6 Å². The Morgan fingerprint density at radius 3 is 2.79 bits per heavy atom. The lowest BCUT2D eigenvalue weighted by molar-refractivity contribution is -0.122. The molecule has 144 valence electrons. The number of carbonyl (C=O) groups is 1. The third-order valence-electron chi connectivity index (χ3n) is 4.70. The summed E-state index contributed by atoms with van der Waals surface area (Å²) < 4.78 is 12.5. The van der Waals surface area contributed by atoms with Crippen LogP contribution in [0.4, 0.5) is 0 Å². The maximum Gasteiger partial charge on any atom is 0.242 e. The van der Waals surface area contributed by atoms with Gasteiger partial charge in [-0.1, -0.05) is 0 Å². The fourth-order valence-corrected chi connectivity index (χ4v) is 3.37. The van der Waals surface area contributed by atoms with Gasteiger partial charge >= 0.3 is 0 Å². The van der Waals surface area contributed by atoms with Gasteiger partial charge in [0.15, 0.2) is 5.65 Å². The van der Waals surface area contributed by atoms with E-state index in [0.29, 0.717) is 5.65 Å². The highest BCUT2D eigenvalue weighted by Crippen LogP contribution is 2.29. The lowest BCUT2D eigenvalue weighted by Gasteiger charge is -2.13. The Morgan fingerprint density at radius 1 is 1.21 bits per heavy atom. The minimum atomic E-state index is -0.0958. The number of fused-ring (bicyclic) bond motifs is 1. The number of amides is 1. The third kappa shape index (κ3) is 3.69. The van der Waals surface area contributed by atoms with E-state index in [0.717, 1.165) is 41.0 Å². The topological polar surface area (TPSA) is 86.1 Å². The van der Waals surface area contributed by atoms with Gasteiger partial charge in [-0.3, -0.25) is 4.79 Å². The SMILES string of the molecule is Cc1nn(CC(=O)NC(C)CCc2ccco2)c2nccc(-c3ccco3)c12. The summed E-state index contributed by atoms with van der Waals surface area (Å²) in [5.74, 6) is 1.58. The first kappa shape index (κ1) is 18.0. The molecule has 1 atom stereocenters. The van der Waals surface area contributed by atoms with Crippen molar-refractivity contribution in [1.82, 2.24) is 20.1 Å². The predicted molar refractivity (Wildman–Crippen MR) is 105 cm³/mol. The quantitative estimate of drug-likeness (QED) is 0.529. The van der Waals surface area contributed by atoms with Crippen LogP contribution in [0.2, 0.25) is 0 Å². The first-order valence-electron chi connectivity index (χ1n) is 9.29. The molecule has 0 aliphatic heterocycles. The second-order valence-electron chi connectivity index (χ2n) is 6.86. The lowest BCUT2D eigenvalue weighted by atomic mass is 10.1. The van der Waals surface area contributed by atoms with Crippen molar-refractivity contribution in [2.45, 2.75) is 39.3 Å². The molecule has 28 heavy (non-hydrogen) atoms. The summed E-state index contributed by atoms with van der Waals surface area (Å²) in [7, 11) is 0. The molecular formula is C21H22N4O3.